The van der Waals surface area contributed by atoms with Gasteiger partial charge in [-0.25, -0.2) is 0 Å². The van der Waals surface area contributed by atoms with Crippen LogP contribution >= 0.6 is 12.2 Å². The molecule has 18 heavy (non-hydrogen) atoms. The lowest BCUT2D eigenvalue weighted by atomic mass is 9.86. The van der Waals surface area contributed by atoms with Gasteiger partial charge in [-0.15, -0.1) is 0 Å². The zero-order valence-corrected chi connectivity index (χ0v) is 11.9. The highest BCUT2D eigenvalue weighted by atomic mass is 32.1. The topological polar surface area (TPSA) is 72.6 Å². The van der Waals surface area contributed by atoms with E-state index in [1.165, 1.54) is 7.11 Å². The van der Waals surface area contributed by atoms with E-state index in [9.17, 15) is 9.59 Å². The van der Waals surface area contributed by atoms with Crippen LogP contribution in [0.2, 0.25) is 0 Å². The number of hydrogen-bond donors (Lipinski definition) is 1. The lowest BCUT2D eigenvalue weighted by Gasteiger charge is -2.30. The van der Waals surface area contributed by atoms with Crippen molar-refractivity contribution >= 4 is 29.1 Å². The number of likely N-dealkylation sites (tertiary alicyclic amines) is 1. The van der Waals surface area contributed by atoms with Crippen LogP contribution in [0.15, 0.2) is 0 Å². The number of thiocarbonyl (C=S) groups is 1. The number of carbonyl (C=O) groups is 2. The van der Waals surface area contributed by atoms with Gasteiger partial charge in [0.05, 0.1) is 23.4 Å². The number of esters is 1. The molecule has 1 saturated heterocycles. The van der Waals surface area contributed by atoms with Crippen LogP contribution < -0.4 is 5.73 Å². The average Bonchev–Trinajstić information content (AvgIpc) is 2.85. The lowest BCUT2D eigenvalue weighted by molar-refractivity contribution is -0.145. The van der Waals surface area contributed by atoms with Crippen molar-refractivity contribution < 1.29 is 14.3 Å². The van der Waals surface area contributed by atoms with E-state index in [1.54, 1.807) is 11.8 Å². The van der Waals surface area contributed by atoms with Gasteiger partial charge in [-0.3, -0.25) is 9.59 Å². The zero-order valence-electron chi connectivity index (χ0n) is 11.1. The average molecular weight is 272 g/mol. The molecule has 0 aromatic heterocycles. The van der Waals surface area contributed by atoms with Gasteiger partial charge in [0.2, 0.25) is 5.91 Å². The molecule has 1 rings (SSSR count). The molecule has 0 radical (unpaired) electrons. The second-order valence-electron chi connectivity index (χ2n) is 4.81. The summed E-state index contributed by atoms with van der Waals surface area (Å²) in [5, 5.41) is 0. The molecule has 0 spiro atoms. The van der Waals surface area contributed by atoms with E-state index in [1.807, 2.05) is 6.92 Å². The molecule has 5 nitrogen and oxygen atoms in total. The van der Waals surface area contributed by atoms with Gasteiger partial charge in [0, 0.05) is 13.1 Å². The van der Waals surface area contributed by atoms with Crippen molar-refractivity contribution in [1.82, 2.24) is 4.90 Å². The Hall–Kier alpha value is -1.17. The Kier molecular flexibility index (Phi) is 4.67. The Morgan fingerprint density at radius 2 is 2.17 bits per heavy atom. The molecule has 0 aromatic rings. The van der Waals surface area contributed by atoms with E-state index in [4.69, 9.17) is 22.7 Å². The number of carbonyl (C=O) groups excluding carboxylic acids is 2. The summed E-state index contributed by atoms with van der Waals surface area (Å²) in [6.45, 7) is 4.58. The van der Waals surface area contributed by atoms with Gasteiger partial charge in [-0.05, 0) is 19.8 Å². The molecule has 0 aliphatic carbocycles. The molecule has 0 saturated carbocycles. The summed E-state index contributed by atoms with van der Waals surface area (Å²) in [5.74, 6) is -0.589. The van der Waals surface area contributed by atoms with Gasteiger partial charge in [-0.2, -0.15) is 0 Å². The molecule has 1 fully saturated rings. The van der Waals surface area contributed by atoms with E-state index in [0.29, 0.717) is 25.9 Å². The molecule has 1 aliphatic heterocycles. The first-order valence-electron chi connectivity index (χ1n) is 6.04. The van der Waals surface area contributed by atoms with Crippen LogP contribution in [-0.4, -0.2) is 42.0 Å². The van der Waals surface area contributed by atoms with Gasteiger partial charge in [0.15, 0.2) is 0 Å². The Bertz CT molecular complexity index is 372. The smallest absolute Gasteiger partial charge is 0.310 e. The summed E-state index contributed by atoms with van der Waals surface area (Å²) in [4.78, 5) is 25.7. The fourth-order valence-electron chi connectivity index (χ4n) is 2.08. The first-order valence-corrected chi connectivity index (χ1v) is 6.44. The third kappa shape index (κ3) is 2.63. The predicted molar refractivity (Wildman–Crippen MR) is 71.9 cm³/mol. The second-order valence-corrected chi connectivity index (χ2v) is 5.25. The van der Waals surface area contributed by atoms with Crippen LogP contribution in [0, 0.1) is 11.3 Å². The van der Waals surface area contributed by atoms with Crippen LogP contribution in [0.5, 0.6) is 0 Å². The quantitative estimate of drug-likeness (QED) is 0.603. The largest absolute Gasteiger partial charge is 0.469 e. The minimum atomic E-state index is -0.819. The molecule has 1 aliphatic rings. The summed E-state index contributed by atoms with van der Waals surface area (Å²) >= 11 is 4.98. The minimum absolute atomic E-state index is 0.0936. The van der Waals surface area contributed by atoms with E-state index in [-0.39, 0.29) is 22.8 Å². The van der Waals surface area contributed by atoms with E-state index >= 15 is 0 Å². The van der Waals surface area contributed by atoms with E-state index < -0.39 is 5.41 Å². The monoisotopic (exact) mass is 272 g/mol. The van der Waals surface area contributed by atoms with Gasteiger partial charge in [0.25, 0.3) is 0 Å². The van der Waals surface area contributed by atoms with Crippen LogP contribution in [0.4, 0.5) is 0 Å². The fraction of sp³-hybridized carbons (Fsp3) is 0.750. The molecular formula is C12H20N2O3S. The lowest BCUT2D eigenvalue weighted by Crippen LogP contribution is -2.48. The van der Waals surface area contributed by atoms with Crippen molar-refractivity contribution in [2.75, 3.05) is 20.2 Å². The number of nitrogens with two attached hydrogens (primary N) is 1. The predicted octanol–water partition coefficient (Wildman–Crippen LogP) is 0.710. The third-order valence-corrected chi connectivity index (χ3v) is 4.18. The molecule has 1 amide bonds. The summed E-state index contributed by atoms with van der Waals surface area (Å²) in [7, 11) is 1.36. The Morgan fingerprint density at radius 1 is 1.56 bits per heavy atom. The standard InChI is InChI=1S/C12H20N2O3S/c1-4-12(2,10(13)18)11(16)14-6-5-8(7-14)9(15)17-3/h8H,4-7H2,1-3H3,(H2,13,18). The number of rotatable bonds is 4. The molecule has 2 unspecified atom stereocenters. The number of ether oxygens (including phenoxy) is 1. The first-order chi connectivity index (χ1) is 8.36. The number of nitrogens with zero attached hydrogens (tertiary/aromatic N) is 1. The molecular weight excluding hydrogens is 252 g/mol. The summed E-state index contributed by atoms with van der Waals surface area (Å²) in [5.41, 5.74) is 4.84. The SMILES string of the molecule is CCC(C)(C(=O)N1CCC(C(=O)OC)C1)C(N)=S. The molecule has 2 atom stereocenters. The molecule has 0 aromatic carbocycles. The fourth-order valence-corrected chi connectivity index (χ4v) is 2.32. The summed E-state index contributed by atoms with van der Waals surface area (Å²) < 4.78 is 4.69. The van der Waals surface area contributed by atoms with Gasteiger partial charge >= 0.3 is 5.97 Å². The zero-order chi connectivity index (χ0) is 13.9. The van der Waals surface area contributed by atoms with Crippen molar-refractivity contribution in [3.05, 3.63) is 0 Å². The van der Waals surface area contributed by atoms with E-state index in [0.717, 1.165) is 0 Å². The number of methoxy groups -OCH3 is 1. The summed E-state index contributed by atoms with van der Waals surface area (Å²) in [6.07, 6.45) is 1.19. The number of amides is 1. The van der Waals surface area contributed by atoms with Crippen molar-refractivity contribution in [2.24, 2.45) is 17.1 Å². The van der Waals surface area contributed by atoms with Crippen molar-refractivity contribution in [3.8, 4) is 0 Å². The Labute approximate surface area is 113 Å². The highest BCUT2D eigenvalue weighted by Gasteiger charge is 2.41. The van der Waals surface area contributed by atoms with Crippen LogP contribution in [0.25, 0.3) is 0 Å². The van der Waals surface area contributed by atoms with Crippen molar-refractivity contribution in [3.63, 3.8) is 0 Å². The van der Waals surface area contributed by atoms with Crippen LogP contribution in [0.3, 0.4) is 0 Å². The van der Waals surface area contributed by atoms with Gasteiger partial charge < -0.3 is 15.4 Å². The van der Waals surface area contributed by atoms with Crippen LogP contribution in [-0.2, 0) is 14.3 Å². The minimum Gasteiger partial charge on any atom is -0.469 e. The number of hydrogen-bond acceptors (Lipinski definition) is 4. The van der Waals surface area contributed by atoms with Crippen molar-refractivity contribution in [2.45, 2.75) is 26.7 Å². The molecule has 102 valence electrons. The molecule has 2 N–H and O–H groups in total. The summed E-state index contributed by atoms with van der Waals surface area (Å²) in [6, 6.07) is 0. The normalized spacial score (nSPS) is 22.4. The maximum atomic E-state index is 12.4. The van der Waals surface area contributed by atoms with Gasteiger partial charge in [-0.1, -0.05) is 19.1 Å². The maximum Gasteiger partial charge on any atom is 0.310 e. The third-order valence-electron chi connectivity index (χ3n) is 3.73. The van der Waals surface area contributed by atoms with Crippen LogP contribution in [0.1, 0.15) is 26.7 Å². The molecule has 6 heteroatoms. The molecule has 0 bridgehead atoms. The maximum absolute atomic E-state index is 12.4. The molecule has 1 heterocycles. The van der Waals surface area contributed by atoms with Gasteiger partial charge in [0.1, 0.15) is 0 Å². The Morgan fingerprint density at radius 3 is 2.61 bits per heavy atom. The highest BCUT2D eigenvalue weighted by Crippen LogP contribution is 2.28. The Balaban J connectivity index is 2.76. The van der Waals surface area contributed by atoms with Crippen molar-refractivity contribution in [1.29, 1.82) is 0 Å². The first kappa shape index (κ1) is 14.9. The highest BCUT2D eigenvalue weighted by molar-refractivity contribution is 7.80. The second kappa shape index (κ2) is 5.65. The van der Waals surface area contributed by atoms with E-state index in [2.05, 4.69) is 0 Å².